The third-order valence-corrected chi connectivity index (χ3v) is 12.5. The van der Waals surface area contributed by atoms with Crippen LogP contribution >= 0.6 is 0 Å². The van der Waals surface area contributed by atoms with E-state index in [-0.39, 0.29) is 32.4 Å². The molecule has 4 fully saturated rings. The van der Waals surface area contributed by atoms with Crippen LogP contribution in [0, 0.1) is 5.92 Å². The van der Waals surface area contributed by atoms with Gasteiger partial charge in [0.25, 0.3) is 5.91 Å². The molecule has 0 aromatic heterocycles. The molecule has 7 rings (SSSR count). The number of fused-ring (bicyclic) bond motifs is 3. The first kappa shape index (κ1) is 35.2. The van der Waals surface area contributed by atoms with Gasteiger partial charge >= 0.3 is 12.2 Å². The quantitative estimate of drug-likeness (QED) is 0.366. The number of ether oxygens (including phenoxy) is 3. The summed E-state index contributed by atoms with van der Waals surface area (Å²) in [6.07, 6.45) is 5.82. The molecule has 2 saturated heterocycles. The van der Waals surface area contributed by atoms with Crippen LogP contribution in [-0.4, -0.2) is 103 Å². The van der Waals surface area contributed by atoms with Crippen LogP contribution in [0.4, 0.5) is 9.59 Å². The fraction of sp³-hybridized carbons (Fsp3) is 0.629. The molecule has 0 radical (unpaired) electrons. The minimum Gasteiger partial charge on any atom is -0.444 e. The van der Waals surface area contributed by atoms with E-state index in [0.29, 0.717) is 51.8 Å². The van der Waals surface area contributed by atoms with Gasteiger partial charge in [-0.15, -0.1) is 0 Å². The first-order valence-electron chi connectivity index (χ1n) is 17.9. The number of nitrogens with one attached hydrogen (secondary N) is 3. The molecule has 276 valence electrons. The summed E-state index contributed by atoms with van der Waals surface area (Å²) in [4.78, 5) is 71.3. The number of hydrogen-bond acceptors (Lipinski definition) is 10. The largest absolute Gasteiger partial charge is 0.444 e. The number of amides is 5. The smallest absolute Gasteiger partial charge is 0.410 e. The maximum atomic E-state index is 14.3. The van der Waals surface area contributed by atoms with Crippen molar-refractivity contribution in [3.05, 3.63) is 47.5 Å². The van der Waals surface area contributed by atoms with Gasteiger partial charge in [-0.3, -0.25) is 24.0 Å². The lowest BCUT2D eigenvalue weighted by molar-refractivity contribution is -0.141. The van der Waals surface area contributed by atoms with Crippen LogP contribution in [0.3, 0.4) is 0 Å². The normalized spacial score (nSPS) is 31.6. The zero-order chi connectivity index (χ0) is 35.8. The van der Waals surface area contributed by atoms with Gasteiger partial charge in [0, 0.05) is 31.8 Å². The van der Waals surface area contributed by atoms with Crippen molar-refractivity contribution in [2.24, 2.45) is 5.92 Å². The number of alkyl carbamates (subject to hydrolysis) is 1. The van der Waals surface area contributed by atoms with E-state index in [0.717, 1.165) is 24.0 Å². The highest BCUT2D eigenvalue weighted by Crippen LogP contribution is 2.46. The summed E-state index contributed by atoms with van der Waals surface area (Å²) in [5.74, 6) is -2.48. The Morgan fingerprint density at radius 1 is 0.961 bits per heavy atom. The standard InChI is InChI=1S/C35H45N5O10S/c41-30-29-16-26(50-34(45)39-18-22-8-6-7-9-23(22)19-39)20-40(29)31(42)28(36-33(44)49-25-14-15-48-21-25)11-5-3-1-2-4-10-24-17-35(24,37-30)32(43)38-51(46,47)27-12-13-27/h4,6-10,24-29H,1-3,5,11-21H2,(H,36,44)(H,37,41)(H,38,43)/b10-4-/t24-,25-,26+,28-,29-,35+/m0/s1. The zero-order valence-electron chi connectivity index (χ0n) is 28.4. The second-order valence-electron chi connectivity index (χ2n) is 14.5. The molecule has 0 unspecified atom stereocenters. The van der Waals surface area contributed by atoms with Gasteiger partial charge in [-0.1, -0.05) is 49.3 Å². The number of hydrogen-bond donors (Lipinski definition) is 3. The van der Waals surface area contributed by atoms with Crippen LogP contribution in [0.5, 0.6) is 0 Å². The fourth-order valence-corrected chi connectivity index (χ4v) is 8.82. The van der Waals surface area contributed by atoms with Gasteiger partial charge in [0.15, 0.2) is 0 Å². The van der Waals surface area contributed by atoms with E-state index in [9.17, 15) is 32.4 Å². The molecule has 2 saturated carbocycles. The van der Waals surface area contributed by atoms with Crippen molar-refractivity contribution in [3.8, 4) is 0 Å². The van der Waals surface area contributed by atoms with E-state index in [1.807, 2.05) is 36.4 Å². The Kier molecular flexibility index (Phi) is 9.98. The molecule has 0 spiro atoms. The number of carbonyl (C=O) groups excluding carboxylic acids is 5. The highest BCUT2D eigenvalue weighted by molar-refractivity contribution is 7.91. The fourth-order valence-electron chi connectivity index (χ4n) is 7.46. The maximum absolute atomic E-state index is 14.3. The molecule has 16 heteroatoms. The van der Waals surface area contributed by atoms with Gasteiger partial charge in [0.2, 0.25) is 21.8 Å². The summed E-state index contributed by atoms with van der Waals surface area (Å²) in [6, 6.07) is 5.48. The first-order valence-corrected chi connectivity index (χ1v) is 19.5. The van der Waals surface area contributed by atoms with Gasteiger partial charge < -0.3 is 29.7 Å². The molecule has 6 aliphatic rings. The summed E-state index contributed by atoms with van der Waals surface area (Å²) >= 11 is 0. The van der Waals surface area contributed by atoms with Crippen LogP contribution < -0.4 is 15.4 Å². The van der Waals surface area contributed by atoms with Crippen molar-refractivity contribution in [2.45, 2.75) is 112 Å². The van der Waals surface area contributed by atoms with Crippen molar-refractivity contribution in [3.63, 3.8) is 0 Å². The third-order valence-electron chi connectivity index (χ3n) is 10.7. The lowest BCUT2D eigenvalue weighted by atomic mass is 10.0. The Morgan fingerprint density at radius 3 is 2.43 bits per heavy atom. The lowest BCUT2D eigenvalue weighted by Gasteiger charge is -2.30. The molecule has 1 aromatic rings. The molecule has 4 aliphatic heterocycles. The number of benzene rings is 1. The second-order valence-corrected chi connectivity index (χ2v) is 16.4. The molecule has 5 amide bonds. The highest BCUT2D eigenvalue weighted by atomic mass is 32.2. The van der Waals surface area contributed by atoms with Gasteiger partial charge in [-0.2, -0.15) is 0 Å². The Bertz CT molecular complexity index is 1670. The molecule has 15 nitrogen and oxygen atoms in total. The molecule has 6 atom stereocenters. The number of sulfonamides is 1. The van der Waals surface area contributed by atoms with E-state index in [1.54, 1.807) is 4.90 Å². The Morgan fingerprint density at radius 2 is 1.73 bits per heavy atom. The van der Waals surface area contributed by atoms with Crippen LogP contribution in [0.2, 0.25) is 0 Å². The Labute approximate surface area is 296 Å². The Balaban J connectivity index is 1.12. The van der Waals surface area contributed by atoms with Gasteiger partial charge in [-0.05, 0) is 49.7 Å². The van der Waals surface area contributed by atoms with Crippen LogP contribution in [0.1, 0.15) is 75.3 Å². The maximum Gasteiger partial charge on any atom is 0.410 e. The van der Waals surface area contributed by atoms with Gasteiger partial charge in [0.05, 0.1) is 25.0 Å². The average Bonchev–Trinajstić information content (AvgIpc) is 3.88. The van der Waals surface area contributed by atoms with Gasteiger partial charge in [-0.25, -0.2) is 18.0 Å². The topological polar surface area (TPSA) is 190 Å². The predicted molar refractivity (Wildman–Crippen MR) is 180 cm³/mol. The molecule has 0 bridgehead atoms. The molecule has 3 N–H and O–H groups in total. The number of rotatable bonds is 6. The molecule has 2 aliphatic carbocycles. The molecule has 4 heterocycles. The van der Waals surface area contributed by atoms with Gasteiger partial charge in [0.1, 0.15) is 29.8 Å². The number of carbonyl (C=O) groups is 5. The summed E-state index contributed by atoms with van der Waals surface area (Å²) in [5, 5.41) is 4.89. The second kappa shape index (κ2) is 14.4. The number of nitrogens with zero attached hydrogens (tertiary/aromatic N) is 2. The van der Waals surface area contributed by atoms with Crippen molar-refractivity contribution < 1.29 is 46.6 Å². The number of allylic oxidation sites excluding steroid dienone is 1. The minimum atomic E-state index is -3.90. The van der Waals surface area contributed by atoms with Crippen molar-refractivity contribution >= 4 is 39.9 Å². The molecular weight excluding hydrogens is 682 g/mol. The SMILES string of the molecule is O=C(N[C@H]1CCCCC/C=C\[C@H]2C[C@@]2(C(=O)NS(=O)(=O)C2CC2)NC(=O)[C@@H]2C[C@@H](OC(=O)N3Cc4ccccc4C3)CN2C1=O)O[C@H]1CCOC1. The van der Waals surface area contributed by atoms with E-state index in [2.05, 4.69) is 15.4 Å². The monoisotopic (exact) mass is 727 g/mol. The Hall–Kier alpha value is -4.18. The van der Waals surface area contributed by atoms with Crippen LogP contribution in [0.25, 0.3) is 0 Å². The average molecular weight is 728 g/mol. The zero-order valence-corrected chi connectivity index (χ0v) is 29.2. The van der Waals surface area contributed by atoms with Crippen LogP contribution in [0.15, 0.2) is 36.4 Å². The molecule has 1 aromatic carbocycles. The summed E-state index contributed by atoms with van der Waals surface area (Å²) in [7, 11) is -3.90. The summed E-state index contributed by atoms with van der Waals surface area (Å²) in [6.45, 7) is 1.35. The summed E-state index contributed by atoms with van der Waals surface area (Å²) < 4.78 is 44.4. The molecule has 51 heavy (non-hydrogen) atoms. The first-order chi connectivity index (χ1) is 24.5. The minimum absolute atomic E-state index is 0.0563. The van der Waals surface area contributed by atoms with E-state index >= 15 is 0 Å². The van der Waals surface area contributed by atoms with E-state index in [1.165, 1.54) is 4.90 Å². The predicted octanol–water partition coefficient (Wildman–Crippen LogP) is 2.00. The molecular formula is C35H45N5O10S. The third kappa shape index (κ3) is 7.86. The van der Waals surface area contributed by atoms with Crippen molar-refractivity contribution in [2.75, 3.05) is 19.8 Å². The van der Waals surface area contributed by atoms with Crippen molar-refractivity contribution in [1.82, 2.24) is 25.2 Å². The van der Waals surface area contributed by atoms with E-state index < -0.39 is 80.9 Å². The highest BCUT2D eigenvalue weighted by Gasteiger charge is 2.62. The van der Waals surface area contributed by atoms with Crippen LogP contribution in [-0.2, 0) is 51.7 Å². The summed E-state index contributed by atoms with van der Waals surface area (Å²) in [5.41, 5.74) is 0.493. The lowest BCUT2D eigenvalue weighted by Crippen LogP contribution is -2.58. The van der Waals surface area contributed by atoms with E-state index in [4.69, 9.17) is 14.2 Å². The van der Waals surface area contributed by atoms with Crippen molar-refractivity contribution in [1.29, 1.82) is 0 Å².